The maximum absolute atomic E-state index is 17.3. The third-order valence-corrected chi connectivity index (χ3v) is 11.2. The van der Waals surface area contributed by atoms with Crippen molar-refractivity contribution in [3.05, 3.63) is 53.6 Å². The van der Waals surface area contributed by atoms with Crippen molar-refractivity contribution in [3.63, 3.8) is 0 Å². The Morgan fingerprint density at radius 2 is 1.88 bits per heavy atom. The SMILES string of the molecule is C[C@@H]1C[C@H]2[C@@H]3CCC4=CC(=O)C=C[C@]4(C)[C@@]3(F)[C@@H](O)C[C@]2(C)[C@@]1(O)C(=O)COC(=O)c1cccc(S(=O)(=O)O)c1.[Na]. The number of aliphatic hydroxyl groups is 2. The zero-order valence-corrected chi connectivity index (χ0v) is 26.3. The Kier molecular flexibility index (Phi) is 8.22. The van der Waals surface area contributed by atoms with E-state index in [1.165, 1.54) is 30.4 Å². The number of aliphatic hydroxyl groups excluding tert-OH is 1. The monoisotopic (exact) mass is 599 g/mol. The van der Waals surface area contributed by atoms with Crippen molar-refractivity contribution in [2.75, 3.05) is 6.61 Å². The van der Waals surface area contributed by atoms with E-state index < -0.39 is 79.3 Å². The third-order valence-electron chi connectivity index (χ3n) is 10.3. The number of halogens is 1. The minimum Gasteiger partial charge on any atom is -0.454 e. The number of allylic oxidation sites excluding steroid dienone is 4. The van der Waals surface area contributed by atoms with Crippen LogP contribution in [0.25, 0.3) is 0 Å². The number of rotatable bonds is 5. The molecule has 217 valence electrons. The number of alkyl halides is 1. The molecule has 9 nitrogen and oxygen atoms in total. The minimum atomic E-state index is -4.57. The molecular formula is C29H33FNaO9S. The molecule has 8 atom stereocenters. The first-order valence-corrected chi connectivity index (χ1v) is 14.8. The molecule has 0 saturated heterocycles. The Bertz CT molecular complexity index is 1470. The molecule has 1 aromatic rings. The predicted molar refractivity (Wildman–Crippen MR) is 145 cm³/mol. The van der Waals surface area contributed by atoms with Gasteiger partial charge in [-0.3, -0.25) is 14.1 Å². The molecule has 1 radical (unpaired) electrons. The van der Waals surface area contributed by atoms with Crippen LogP contribution in [0.15, 0.2) is 53.0 Å². The summed E-state index contributed by atoms with van der Waals surface area (Å²) in [5.41, 5.74) is -6.17. The second-order valence-corrected chi connectivity index (χ2v) is 13.6. The van der Waals surface area contributed by atoms with Crippen LogP contribution in [0.4, 0.5) is 4.39 Å². The molecule has 3 fully saturated rings. The van der Waals surface area contributed by atoms with E-state index in [4.69, 9.17) is 4.74 Å². The zero-order chi connectivity index (χ0) is 29.5. The minimum absolute atomic E-state index is 0. The van der Waals surface area contributed by atoms with E-state index in [0.717, 1.165) is 12.1 Å². The van der Waals surface area contributed by atoms with E-state index in [9.17, 15) is 37.6 Å². The van der Waals surface area contributed by atoms with Crippen molar-refractivity contribution in [1.82, 2.24) is 0 Å². The zero-order valence-electron chi connectivity index (χ0n) is 23.5. The standard InChI is InChI=1S/C29H33FO9S.Na/c1-16-11-22-21-8-7-18-13-19(31)9-10-26(18,2)28(21,30)23(32)14-27(22,3)29(16,35)24(33)15-39-25(34)17-5-4-6-20(12-17)40(36,37)38;/h4-6,9-10,12-13,16,21-23,32,35H,7-8,11,14-15H2,1-3H3,(H,36,37,38);/t16-,21+,22+,23+,26+,27+,28+,29+;/m1./s1. The number of benzene rings is 1. The quantitative estimate of drug-likeness (QED) is 0.263. The van der Waals surface area contributed by atoms with Gasteiger partial charge in [0.25, 0.3) is 10.1 Å². The van der Waals surface area contributed by atoms with Gasteiger partial charge in [-0.1, -0.05) is 31.6 Å². The van der Waals surface area contributed by atoms with Gasteiger partial charge in [-0.15, -0.1) is 0 Å². The van der Waals surface area contributed by atoms with E-state index in [2.05, 4.69) is 0 Å². The molecule has 0 bridgehead atoms. The van der Waals surface area contributed by atoms with Gasteiger partial charge in [0.05, 0.1) is 16.6 Å². The summed E-state index contributed by atoms with van der Waals surface area (Å²) < 4.78 is 54.4. The topological polar surface area (TPSA) is 155 Å². The third kappa shape index (κ3) is 4.54. The Hall–Kier alpha value is -1.73. The average molecular weight is 600 g/mol. The van der Waals surface area contributed by atoms with Crippen LogP contribution in [0.3, 0.4) is 0 Å². The number of hydrogen-bond donors (Lipinski definition) is 3. The Morgan fingerprint density at radius 3 is 2.54 bits per heavy atom. The largest absolute Gasteiger partial charge is 0.454 e. The van der Waals surface area contributed by atoms with E-state index in [-0.39, 0.29) is 47.3 Å². The molecule has 4 aliphatic carbocycles. The van der Waals surface area contributed by atoms with Gasteiger partial charge in [0.15, 0.2) is 18.1 Å². The van der Waals surface area contributed by atoms with Crippen molar-refractivity contribution >= 4 is 57.2 Å². The van der Waals surface area contributed by atoms with Gasteiger partial charge >= 0.3 is 5.97 Å². The van der Waals surface area contributed by atoms with Crippen LogP contribution in [0, 0.1) is 28.6 Å². The van der Waals surface area contributed by atoms with Crippen LogP contribution < -0.4 is 0 Å². The van der Waals surface area contributed by atoms with Crippen LogP contribution in [0.5, 0.6) is 0 Å². The summed E-state index contributed by atoms with van der Waals surface area (Å²) in [6.07, 6.45) is 3.64. The van der Waals surface area contributed by atoms with Gasteiger partial charge in [-0.05, 0) is 74.8 Å². The molecule has 4 aliphatic rings. The molecule has 0 aliphatic heterocycles. The summed E-state index contributed by atoms with van der Waals surface area (Å²) in [5, 5.41) is 23.4. The molecule has 3 saturated carbocycles. The summed E-state index contributed by atoms with van der Waals surface area (Å²) in [6, 6.07) is 4.48. The molecule has 1 aromatic carbocycles. The molecule has 0 heterocycles. The first-order valence-electron chi connectivity index (χ1n) is 13.3. The molecule has 12 heteroatoms. The number of Topliss-reactive ketones (excluding diaryl/α,β-unsaturated/α-hetero) is 1. The van der Waals surface area contributed by atoms with Gasteiger partial charge in [-0.2, -0.15) is 8.42 Å². The second kappa shape index (κ2) is 10.5. The average Bonchev–Trinajstić information content (AvgIpc) is 3.09. The number of fused-ring (bicyclic) bond motifs is 5. The van der Waals surface area contributed by atoms with Gasteiger partial charge in [0.1, 0.15) is 5.60 Å². The molecule has 3 N–H and O–H groups in total. The molecule has 5 rings (SSSR count). The molecule has 0 aromatic heterocycles. The number of hydrogen-bond acceptors (Lipinski definition) is 8. The van der Waals surface area contributed by atoms with E-state index in [0.29, 0.717) is 24.8 Å². The first-order chi connectivity index (χ1) is 18.5. The molecule has 41 heavy (non-hydrogen) atoms. The van der Waals surface area contributed by atoms with E-state index >= 15 is 4.39 Å². The summed E-state index contributed by atoms with van der Waals surface area (Å²) in [4.78, 5) is 37.7. The molecule has 0 unspecified atom stereocenters. The van der Waals surface area contributed by atoms with Crippen LogP contribution in [0.1, 0.15) is 56.8 Å². The maximum Gasteiger partial charge on any atom is 0.338 e. The smallest absolute Gasteiger partial charge is 0.338 e. The summed E-state index contributed by atoms with van der Waals surface area (Å²) >= 11 is 0. The Morgan fingerprint density at radius 1 is 1.20 bits per heavy atom. The van der Waals surface area contributed by atoms with Gasteiger partial charge in [0, 0.05) is 46.3 Å². The van der Waals surface area contributed by atoms with E-state index in [1.807, 2.05) is 0 Å². The fourth-order valence-corrected chi connectivity index (χ4v) is 8.77. The fraction of sp³-hybridized carbons (Fsp3) is 0.552. The van der Waals surface area contributed by atoms with E-state index in [1.54, 1.807) is 20.8 Å². The van der Waals surface area contributed by atoms with Gasteiger partial charge in [0.2, 0.25) is 5.78 Å². The summed E-state index contributed by atoms with van der Waals surface area (Å²) in [7, 11) is -4.57. The van der Waals surface area contributed by atoms with Crippen molar-refractivity contribution in [2.45, 2.75) is 68.7 Å². The van der Waals surface area contributed by atoms with Crippen LogP contribution in [-0.2, 0) is 24.4 Å². The molecular weight excluding hydrogens is 566 g/mol. The number of carbonyl (C=O) groups is 3. The number of carbonyl (C=O) groups excluding carboxylic acids is 3. The molecule has 0 spiro atoms. The number of esters is 1. The summed E-state index contributed by atoms with van der Waals surface area (Å²) in [6.45, 7) is 4.22. The van der Waals surface area contributed by atoms with Crippen molar-refractivity contribution in [2.24, 2.45) is 28.6 Å². The Balaban J connectivity index is 0.00000387. The number of ether oxygens (including phenoxy) is 1. The second-order valence-electron chi connectivity index (χ2n) is 12.2. The Labute approximate surface area is 260 Å². The predicted octanol–water partition coefficient (Wildman–Crippen LogP) is 2.63. The van der Waals surface area contributed by atoms with Crippen LogP contribution in [0.2, 0.25) is 0 Å². The number of ketones is 2. The van der Waals surface area contributed by atoms with Crippen molar-refractivity contribution in [1.29, 1.82) is 0 Å². The summed E-state index contributed by atoms with van der Waals surface area (Å²) in [5.74, 6) is -3.86. The van der Waals surface area contributed by atoms with Gasteiger partial charge in [-0.25, -0.2) is 9.18 Å². The first kappa shape index (κ1) is 32.2. The normalized spacial score (nSPS) is 39.5. The maximum atomic E-state index is 17.3. The fourth-order valence-electron chi connectivity index (χ4n) is 8.25. The van der Waals surface area contributed by atoms with Crippen molar-refractivity contribution in [3.8, 4) is 0 Å². The van der Waals surface area contributed by atoms with Crippen molar-refractivity contribution < 1.29 is 46.7 Å². The molecule has 0 amide bonds. The van der Waals surface area contributed by atoms with Crippen LogP contribution >= 0.6 is 0 Å². The van der Waals surface area contributed by atoms with Crippen LogP contribution in [-0.4, -0.2) is 94.3 Å². The van der Waals surface area contributed by atoms with Gasteiger partial charge < -0.3 is 14.9 Å².